The normalized spacial score (nSPS) is 12.9. The monoisotopic (exact) mass is 447 g/mol. The minimum Gasteiger partial charge on any atom is -0.361 e. The maximum Gasteiger partial charge on any atom is 0.242 e. The first-order valence-electron chi connectivity index (χ1n) is 11.6. The summed E-state index contributed by atoms with van der Waals surface area (Å²) >= 11 is 0. The van der Waals surface area contributed by atoms with Gasteiger partial charge in [-0.05, 0) is 36.0 Å². The number of nitrogens with one attached hydrogen (secondary N) is 3. The zero-order valence-corrected chi connectivity index (χ0v) is 19.3. The number of hydrogen-bond donors (Lipinski definition) is 3. The summed E-state index contributed by atoms with van der Waals surface area (Å²) in [4.78, 5) is 40.5. The fourth-order valence-electron chi connectivity index (χ4n) is 4.11. The van der Waals surface area contributed by atoms with Crippen molar-refractivity contribution in [1.29, 1.82) is 0 Å². The van der Waals surface area contributed by atoms with Crippen molar-refractivity contribution in [3.05, 3.63) is 71.9 Å². The summed E-state index contributed by atoms with van der Waals surface area (Å²) in [5.41, 5.74) is 3.09. The lowest BCUT2D eigenvalue weighted by molar-refractivity contribution is -0.132. The molecule has 1 aromatic heterocycles. The molecule has 6 heteroatoms. The summed E-state index contributed by atoms with van der Waals surface area (Å²) in [6.07, 6.45) is 4.49. The Morgan fingerprint density at radius 3 is 2.45 bits per heavy atom. The second-order valence-corrected chi connectivity index (χ2v) is 8.88. The Hall–Kier alpha value is -3.41. The zero-order chi connectivity index (χ0) is 23.6. The minimum atomic E-state index is -0.728. The number of amides is 2. The van der Waals surface area contributed by atoms with Crippen LogP contribution in [0.5, 0.6) is 0 Å². The summed E-state index contributed by atoms with van der Waals surface area (Å²) in [6.45, 7) is 4.52. The van der Waals surface area contributed by atoms with E-state index < -0.39 is 12.0 Å². The third-order valence-corrected chi connectivity index (χ3v) is 5.80. The molecule has 0 aliphatic rings. The summed E-state index contributed by atoms with van der Waals surface area (Å²) < 4.78 is 0. The second-order valence-electron chi connectivity index (χ2n) is 8.88. The van der Waals surface area contributed by atoms with E-state index in [1.54, 1.807) is 0 Å². The Bertz CT molecular complexity index is 1060. The van der Waals surface area contributed by atoms with E-state index in [1.807, 2.05) is 74.6 Å². The smallest absolute Gasteiger partial charge is 0.242 e. The number of aromatic nitrogens is 1. The minimum absolute atomic E-state index is 0.152. The summed E-state index contributed by atoms with van der Waals surface area (Å²) in [6, 6.07) is 17.1. The van der Waals surface area contributed by atoms with Crippen molar-refractivity contribution in [1.82, 2.24) is 15.6 Å². The highest BCUT2D eigenvalue weighted by Crippen LogP contribution is 2.20. The number of carbonyl (C=O) groups is 3. The molecule has 174 valence electrons. The molecule has 0 saturated heterocycles. The van der Waals surface area contributed by atoms with Gasteiger partial charge in [0.1, 0.15) is 12.3 Å². The molecular formula is C27H33N3O3. The quantitative estimate of drug-likeness (QED) is 0.369. The molecule has 1 unspecified atom stereocenters. The molecule has 3 N–H and O–H groups in total. The van der Waals surface area contributed by atoms with Crippen LogP contribution in [0.4, 0.5) is 0 Å². The van der Waals surface area contributed by atoms with Crippen molar-refractivity contribution in [2.45, 2.75) is 45.6 Å². The topological polar surface area (TPSA) is 91.1 Å². The lowest BCUT2D eigenvalue weighted by atomic mass is 9.93. The van der Waals surface area contributed by atoms with Gasteiger partial charge in [0, 0.05) is 42.4 Å². The zero-order valence-electron chi connectivity index (χ0n) is 19.3. The van der Waals surface area contributed by atoms with Crippen LogP contribution in [0, 0.1) is 11.8 Å². The second kappa shape index (κ2) is 12.0. The van der Waals surface area contributed by atoms with Gasteiger partial charge in [0.15, 0.2) is 0 Å². The molecule has 33 heavy (non-hydrogen) atoms. The third kappa shape index (κ3) is 7.04. The van der Waals surface area contributed by atoms with Crippen LogP contribution in [-0.2, 0) is 27.2 Å². The van der Waals surface area contributed by atoms with Gasteiger partial charge < -0.3 is 20.4 Å². The molecule has 2 aromatic carbocycles. The van der Waals surface area contributed by atoms with E-state index in [4.69, 9.17) is 0 Å². The van der Waals surface area contributed by atoms with Gasteiger partial charge in [0.05, 0.1) is 0 Å². The summed E-state index contributed by atoms with van der Waals surface area (Å²) in [7, 11) is 0. The van der Waals surface area contributed by atoms with Crippen molar-refractivity contribution < 1.29 is 14.4 Å². The van der Waals surface area contributed by atoms with Crippen LogP contribution in [0.2, 0.25) is 0 Å². The molecule has 3 rings (SSSR count). The molecule has 0 spiro atoms. The van der Waals surface area contributed by atoms with Gasteiger partial charge in [0.25, 0.3) is 0 Å². The van der Waals surface area contributed by atoms with Crippen molar-refractivity contribution in [2.75, 3.05) is 6.54 Å². The standard InChI is InChI=1S/C27H33N3O3/c1-19(2)16-21(13-15-31)26(32)30-25(17-22-18-29-24-11-7-6-10-23(22)24)27(33)28-14-12-20-8-4-3-5-9-20/h3-11,15,18-19,21,25,29H,12-14,16-17H2,1-2H3,(H,28,33)(H,30,32)/t21?,25-/m0/s1. The Morgan fingerprint density at radius 2 is 1.73 bits per heavy atom. The van der Waals surface area contributed by atoms with E-state index >= 15 is 0 Å². The van der Waals surface area contributed by atoms with Crippen molar-refractivity contribution in [3.8, 4) is 0 Å². The van der Waals surface area contributed by atoms with Crippen LogP contribution in [-0.4, -0.2) is 35.7 Å². The van der Waals surface area contributed by atoms with Crippen LogP contribution in [0.1, 0.15) is 37.8 Å². The summed E-state index contributed by atoms with van der Waals surface area (Å²) in [5, 5.41) is 6.94. The lowest BCUT2D eigenvalue weighted by Crippen LogP contribution is -2.50. The number of aldehydes is 1. The Kier molecular flexibility index (Phi) is 8.81. The Balaban J connectivity index is 1.73. The maximum atomic E-state index is 13.1. The molecule has 0 aliphatic carbocycles. The Morgan fingerprint density at radius 1 is 1.00 bits per heavy atom. The molecule has 6 nitrogen and oxygen atoms in total. The molecule has 0 radical (unpaired) electrons. The highest BCUT2D eigenvalue weighted by molar-refractivity contribution is 5.90. The predicted octanol–water partition coefficient (Wildman–Crippen LogP) is 3.81. The first-order valence-corrected chi connectivity index (χ1v) is 11.6. The number of H-pyrrole nitrogens is 1. The predicted molar refractivity (Wildman–Crippen MR) is 131 cm³/mol. The molecule has 0 fully saturated rings. The first kappa shape index (κ1) is 24.2. The van der Waals surface area contributed by atoms with Gasteiger partial charge in [0.2, 0.25) is 11.8 Å². The average Bonchev–Trinajstić information content (AvgIpc) is 3.21. The van der Waals surface area contributed by atoms with Crippen LogP contribution in [0.25, 0.3) is 10.9 Å². The van der Waals surface area contributed by atoms with Crippen molar-refractivity contribution in [2.24, 2.45) is 11.8 Å². The van der Waals surface area contributed by atoms with E-state index in [1.165, 1.54) is 0 Å². The molecule has 2 atom stereocenters. The molecule has 0 saturated carbocycles. The van der Waals surface area contributed by atoms with Gasteiger partial charge in [-0.15, -0.1) is 0 Å². The number of para-hydroxylation sites is 1. The van der Waals surface area contributed by atoms with Gasteiger partial charge >= 0.3 is 0 Å². The molecule has 3 aromatic rings. The van der Waals surface area contributed by atoms with Crippen LogP contribution in [0.3, 0.4) is 0 Å². The number of hydrogen-bond acceptors (Lipinski definition) is 3. The number of carbonyl (C=O) groups excluding carboxylic acids is 3. The number of fused-ring (bicyclic) bond motifs is 1. The van der Waals surface area contributed by atoms with E-state index in [-0.39, 0.29) is 24.2 Å². The van der Waals surface area contributed by atoms with Gasteiger partial charge in [-0.25, -0.2) is 0 Å². The fraction of sp³-hybridized carbons (Fsp3) is 0.370. The van der Waals surface area contributed by atoms with Gasteiger partial charge in [-0.1, -0.05) is 62.4 Å². The van der Waals surface area contributed by atoms with E-state index in [0.717, 1.165) is 28.3 Å². The van der Waals surface area contributed by atoms with Crippen molar-refractivity contribution >= 4 is 29.0 Å². The van der Waals surface area contributed by atoms with Crippen LogP contribution >= 0.6 is 0 Å². The molecule has 2 amide bonds. The fourth-order valence-corrected chi connectivity index (χ4v) is 4.11. The average molecular weight is 448 g/mol. The largest absolute Gasteiger partial charge is 0.361 e. The number of aromatic amines is 1. The number of rotatable bonds is 12. The molecule has 0 bridgehead atoms. The maximum absolute atomic E-state index is 13.1. The molecule has 0 aliphatic heterocycles. The summed E-state index contributed by atoms with van der Waals surface area (Å²) in [5.74, 6) is -0.643. The molecule has 1 heterocycles. The first-order chi connectivity index (χ1) is 16.0. The SMILES string of the molecule is CC(C)CC(CC=O)C(=O)N[C@@H](Cc1c[nH]c2ccccc12)C(=O)NCCc1ccccc1. The third-order valence-electron chi connectivity index (χ3n) is 5.80. The van der Waals surface area contributed by atoms with Crippen LogP contribution in [0.15, 0.2) is 60.8 Å². The Labute approximate surface area is 195 Å². The van der Waals surface area contributed by atoms with Crippen LogP contribution < -0.4 is 10.6 Å². The van der Waals surface area contributed by atoms with Gasteiger partial charge in [-0.3, -0.25) is 9.59 Å². The van der Waals surface area contributed by atoms with E-state index in [0.29, 0.717) is 25.8 Å². The highest BCUT2D eigenvalue weighted by Gasteiger charge is 2.27. The van der Waals surface area contributed by atoms with Crippen molar-refractivity contribution in [3.63, 3.8) is 0 Å². The van der Waals surface area contributed by atoms with Gasteiger partial charge in [-0.2, -0.15) is 0 Å². The highest BCUT2D eigenvalue weighted by atomic mass is 16.2. The number of benzene rings is 2. The van der Waals surface area contributed by atoms with E-state index in [9.17, 15) is 14.4 Å². The van der Waals surface area contributed by atoms with E-state index in [2.05, 4.69) is 15.6 Å². The lowest BCUT2D eigenvalue weighted by Gasteiger charge is -2.22. The molecular weight excluding hydrogens is 414 g/mol.